The van der Waals surface area contributed by atoms with Crippen LogP contribution >= 0.6 is 0 Å². The summed E-state index contributed by atoms with van der Waals surface area (Å²) in [6, 6.07) is 6.53. The Morgan fingerprint density at radius 2 is 1.87 bits per heavy atom. The lowest BCUT2D eigenvalue weighted by Gasteiger charge is -2.29. The van der Waals surface area contributed by atoms with Crippen molar-refractivity contribution in [3.05, 3.63) is 35.6 Å². The quantitative estimate of drug-likeness (QED) is 0.845. The topological polar surface area (TPSA) is 52.6 Å². The summed E-state index contributed by atoms with van der Waals surface area (Å²) in [6.45, 7) is 0.353. The van der Waals surface area contributed by atoms with Crippen LogP contribution in [0.1, 0.15) is 50.1 Å². The lowest BCUT2D eigenvalue weighted by Crippen LogP contribution is -2.45. The number of aliphatic hydroxyl groups is 1. The molecule has 0 heterocycles. The van der Waals surface area contributed by atoms with Gasteiger partial charge < -0.3 is 15.3 Å². The molecule has 0 bridgehead atoms. The van der Waals surface area contributed by atoms with Crippen molar-refractivity contribution in [1.29, 1.82) is 0 Å². The Morgan fingerprint density at radius 3 is 2.43 bits per heavy atom. The number of rotatable bonds is 6. The van der Waals surface area contributed by atoms with E-state index in [0.717, 1.165) is 31.2 Å². The Labute approximate surface area is 136 Å². The predicted octanol–water partition coefficient (Wildman–Crippen LogP) is 3.22. The molecule has 2 fully saturated rings. The minimum absolute atomic E-state index is 0.0193. The molecule has 1 aromatic rings. The number of carbonyl (C=O) groups excluding carboxylic acids is 1. The number of hydrogen-bond acceptors (Lipinski definition) is 2. The van der Waals surface area contributed by atoms with E-state index in [1.54, 1.807) is 17.0 Å². The monoisotopic (exact) mass is 320 g/mol. The van der Waals surface area contributed by atoms with Crippen LogP contribution in [0.3, 0.4) is 0 Å². The number of nitrogens with one attached hydrogen (secondary N) is 1. The van der Waals surface area contributed by atoms with Gasteiger partial charge in [0.05, 0.1) is 12.6 Å². The predicted molar refractivity (Wildman–Crippen MR) is 86.4 cm³/mol. The maximum absolute atomic E-state index is 13.2. The van der Waals surface area contributed by atoms with E-state index in [4.69, 9.17) is 0 Å². The minimum atomic E-state index is -0.259. The second-order valence-electron chi connectivity index (χ2n) is 6.67. The standard InChI is InChI=1S/C18H25FN2O2/c19-15-7-5-14(6-8-15)17(13-3-1-2-4-13)20-18(23)21(11-12-22)16-9-10-16/h5-8,13,16-17,22H,1-4,9-12H2,(H,20,23). The molecule has 2 N–H and O–H groups in total. The summed E-state index contributed by atoms with van der Waals surface area (Å²) in [5.41, 5.74) is 0.964. The molecule has 1 aromatic carbocycles. The number of amides is 2. The van der Waals surface area contributed by atoms with Gasteiger partial charge in [0, 0.05) is 12.6 Å². The molecule has 126 valence electrons. The van der Waals surface area contributed by atoms with Crippen molar-refractivity contribution >= 4 is 6.03 Å². The second kappa shape index (κ2) is 7.30. The van der Waals surface area contributed by atoms with E-state index in [2.05, 4.69) is 5.32 Å². The average molecular weight is 320 g/mol. The van der Waals surface area contributed by atoms with Crippen LogP contribution in [0.5, 0.6) is 0 Å². The van der Waals surface area contributed by atoms with E-state index in [-0.39, 0.29) is 30.5 Å². The van der Waals surface area contributed by atoms with E-state index in [9.17, 15) is 14.3 Å². The molecule has 2 saturated carbocycles. The molecule has 2 aliphatic carbocycles. The first-order valence-corrected chi connectivity index (χ1v) is 8.62. The zero-order valence-electron chi connectivity index (χ0n) is 13.4. The Kier molecular flexibility index (Phi) is 5.16. The first-order chi connectivity index (χ1) is 11.2. The average Bonchev–Trinajstić information content (AvgIpc) is 3.25. The van der Waals surface area contributed by atoms with Crippen LogP contribution in [-0.2, 0) is 0 Å². The van der Waals surface area contributed by atoms with Gasteiger partial charge in [-0.3, -0.25) is 0 Å². The van der Waals surface area contributed by atoms with Crippen LogP contribution in [0.4, 0.5) is 9.18 Å². The van der Waals surface area contributed by atoms with Gasteiger partial charge in [0.25, 0.3) is 0 Å². The van der Waals surface area contributed by atoms with Gasteiger partial charge in [-0.15, -0.1) is 0 Å². The number of benzene rings is 1. The summed E-state index contributed by atoms with van der Waals surface area (Å²) < 4.78 is 13.2. The van der Waals surface area contributed by atoms with Crippen molar-refractivity contribution in [1.82, 2.24) is 10.2 Å². The maximum atomic E-state index is 13.2. The second-order valence-corrected chi connectivity index (χ2v) is 6.67. The molecular weight excluding hydrogens is 295 g/mol. The van der Waals surface area contributed by atoms with Crippen LogP contribution in [0.25, 0.3) is 0 Å². The van der Waals surface area contributed by atoms with Crippen molar-refractivity contribution in [2.45, 2.75) is 50.6 Å². The number of halogens is 1. The van der Waals surface area contributed by atoms with Crippen molar-refractivity contribution in [2.75, 3.05) is 13.2 Å². The third-order valence-corrected chi connectivity index (χ3v) is 4.97. The van der Waals surface area contributed by atoms with Crippen molar-refractivity contribution < 1.29 is 14.3 Å². The normalized spacial score (nSPS) is 19.6. The molecule has 23 heavy (non-hydrogen) atoms. The summed E-state index contributed by atoms with van der Waals surface area (Å²) in [5.74, 6) is 0.143. The lowest BCUT2D eigenvalue weighted by molar-refractivity contribution is 0.166. The zero-order valence-corrected chi connectivity index (χ0v) is 13.4. The van der Waals surface area contributed by atoms with Gasteiger partial charge in [0.15, 0.2) is 0 Å². The third kappa shape index (κ3) is 4.02. The molecule has 1 unspecified atom stereocenters. The Balaban J connectivity index is 1.74. The molecule has 4 nitrogen and oxygen atoms in total. The molecule has 2 amide bonds. The zero-order chi connectivity index (χ0) is 16.2. The fourth-order valence-electron chi connectivity index (χ4n) is 3.59. The fraction of sp³-hybridized carbons (Fsp3) is 0.611. The minimum Gasteiger partial charge on any atom is -0.395 e. The van der Waals surface area contributed by atoms with Crippen LogP contribution in [0.15, 0.2) is 24.3 Å². The Morgan fingerprint density at radius 1 is 1.22 bits per heavy atom. The molecular formula is C18H25FN2O2. The summed E-state index contributed by atoms with van der Waals surface area (Å²) >= 11 is 0. The smallest absolute Gasteiger partial charge is 0.318 e. The number of nitrogens with zero attached hydrogens (tertiary/aromatic N) is 1. The van der Waals surface area contributed by atoms with Crippen LogP contribution in [0, 0.1) is 11.7 Å². The SMILES string of the molecule is O=C(NC(c1ccc(F)cc1)C1CCCC1)N(CCO)C1CC1. The number of aliphatic hydroxyl groups excluding tert-OH is 1. The molecule has 0 saturated heterocycles. The Bertz CT molecular complexity index is 524. The van der Waals surface area contributed by atoms with Gasteiger partial charge >= 0.3 is 6.03 Å². The van der Waals surface area contributed by atoms with Gasteiger partial charge in [-0.2, -0.15) is 0 Å². The number of hydrogen-bond donors (Lipinski definition) is 2. The molecule has 3 rings (SSSR count). The summed E-state index contributed by atoms with van der Waals surface area (Å²) in [7, 11) is 0. The molecule has 0 aliphatic heterocycles. The highest BCUT2D eigenvalue weighted by molar-refractivity contribution is 5.75. The van der Waals surface area contributed by atoms with E-state index in [0.29, 0.717) is 12.5 Å². The van der Waals surface area contributed by atoms with Crippen molar-refractivity contribution in [2.24, 2.45) is 5.92 Å². The van der Waals surface area contributed by atoms with Crippen molar-refractivity contribution in [3.63, 3.8) is 0 Å². The summed E-state index contributed by atoms with van der Waals surface area (Å²) in [4.78, 5) is 14.4. The highest BCUT2D eigenvalue weighted by Gasteiger charge is 2.35. The Hall–Kier alpha value is -1.62. The largest absolute Gasteiger partial charge is 0.395 e. The maximum Gasteiger partial charge on any atom is 0.318 e. The first kappa shape index (κ1) is 16.2. The van der Waals surface area contributed by atoms with Gasteiger partial charge in [-0.25, -0.2) is 9.18 Å². The van der Waals surface area contributed by atoms with E-state index in [1.165, 1.54) is 25.0 Å². The molecule has 0 radical (unpaired) electrons. The van der Waals surface area contributed by atoms with Crippen LogP contribution in [0.2, 0.25) is 0 Å². The van der Waals surface area contributed by atoms with Gasteiger partial charge in [-0.05, 0) is 49.3 Å². The summed E-state index contributed by atoms with van der Waals surface area (Å²) in [6.07, 6.45) is 6.57. The fourth-order valence-corrected chi connectivity index (χ4v) is 3.59. The lowest BCUT2D eigenvalue weighted by atomic mass is 9.91. The number of urea groups is 1. The highest BCUT2D eigenvalue weighted by Crippen LogP contribution is 2.36. The van der Waals surface area contributed by atoms with E-state index < -0.39 is 0 Å². The molecule has 0 spiro atoms. The van der Waals surface area contributed by atoms with Crippen LogP contribution < -0.4 is 5.32 Å². The molecule has 1 atom stereocenters. The van der Waals surface area contributed by atoms with E-state index >= 15 is 0 Å². The molecule has 2 aliphatic rings. The van der Waals surface area contributed by atoms with Crippen LogP contribution in [-0.4, -0.2) is 35.2 Å². The van der Waals surface area contributed by atoms with Gasteiger partial charge in [0.2, 0.25) is 0 Å². The molecule has 0 aromatic heterocycles. The first-order valence-electron chi connectivity index (χ1n) is 8.62. The van der Waals surface area contributed by atoms with Gasteiger partial charge in [0.1, 0.15) is 5.82 Å². The molecule has 5 heteroatoms. The van der Waals surface area contributed by atoms with Crippen molar-refractivity contribution in [3.8, 4) is 0 Å². The third-order valence-electron chi connectivity index (χ3n) is 4.97. The highest BCUT2D eigenvalue weighted by atomic mass is 19.1. The van der Waals surface area contributed by atoms with E-state index in [1.807, 2.05) is 0 Å². The summed E-state index contributed by atoms with van der Waals surface area (Å²) in [5, 5.41) is 12.3. The number of carbonyl (C=O) groups is 1. The van der Waals surface area contributed by atoms with Gasteiger partial charge in [-0.1, -0.05) is 25.0 Å².